The van der Waals surface area contributed by atoms with E-state index in [9.17, 15) is 9.59 Å². The molecular weight excluding hydrogens is 364 g/mol. The van der Waals surface area contributed by atoms with Crippen molar-refractivity contribution in [1.82, 2.24) is 5.01 Å². The molecule has 6 rings (SSSR count). The number of ether oxygens (including phenoxy) is 1. The fourth-order valence-corrected chi connectivity index (χ4v) is 5.98. The van der Waals surface area contributed by atoms with Gasteiger partial charge in [-0.15, -0.1) is 0 Å². The van der Waals surface area contributed by atoms with Crippen LogP contribution in [0.3, 0.4) is 0 Å². The molecule has 2 aromatic carbocycles. The highest BCUT2D eigenvalue weighted by Crippen LogP contribution is 2.73. The summed E-state index contributed by atoms with van der Waals surface area (Å²) < 4.78 is 5.78. The zero-order chi connectivity index (χ0) is 19.8. The number of imide groups is 1. The van der Waals surface area contributed by atoms with E-state index in [1.165, 1.54) is 0 Å². The van der Waals surface area contributed by atoms with E-state index in [0.29, 0.717) is 12.4 Å². The smallest absolute Gasteiger partial charge is 0.254 e. The van der Waals surface area contributed by atoms with Gasteiger partial charge in [-0.2, -0.15) is 10.1 Å². The Morgan fingerprint density at radius 3 is 2.41 bits per heavy atom. The van der Waals surface area contributed by atoms with Gasteiger partial charge in [-0.25, -0.2) is 0 Å². The van der Waals surface area contributed by atoms with Gasteiger partial charge in [0.05, 0.1) is 24.7 Å². The number of rotatable bonds is 4. The molecular formula is C24H22N2O3. The Morgan fingerprint density at radius 2 is 1.76 bits per heavy atom. The van der Waals surface area contributed by atoms with Crippen molar-refractivity contribution in [3.63, 3.8) is 0 Å². The van der Waals surface area contributed by atoms with E-state index < -0.39 is 0 Å². The first-order valence-corrected chi connectivity index (χ1v) is 10.4. The topological polar surface area (TPSA) is 59.0 Å². The average molecular weight is 386 g/mol. The maximum Gasteiger partial charge on any atom is 0.254 e. The Hall–Kier alpha value is -2.95. The van der Waals surface area contributed by atoms with Gasteiger partial charge < -0.3 is 4.74 Å². The Kier molecular flexibility index (Phi) is 3.38. The van der Waals surface area contributed by atoms with E-state index >= 15 is 0 Å². The first kappa shape index (κ1) is 17.0. The molecule has 29 heavy (non-hydrogen) atoms. The lowest BCUT2D eigenvalue weighted by Gasteiger charge is -2.19. The zero-order valence-electron chi connectivity index (χ0n) is 16.2. The largest absolute Gasteiger partial charge is 0.493 e. The van der Waals surface area contributed by atoms with Crippen LogP contribution in [-0.2, 0) is 9.59 Å². The van der Waals surface area contributed by atoms with E-state index in [2.05, 4.69) is 17.3 Å². The molecule has 5 nitrogen and oxygen atoms in total. The Balaban J connectivity index is 1.37. The minimum Gasteiger partial charge on any atom is -0.493 e. The van der Waals surface area contributed by atoms with Crippen LogP contribution < -0.4 is 4.74 Å². The van der Waals surface area contributed by atoms with Gasteiger partial charge in [0.25, 0.3) is 11.8 Å². The molecule has 0 N–H and O–H groups in total. The Bertz CT molecular complexity index is 1080. The Morgan fingerprint density at radius 1 is 1.07 bits per heavy atom. The van der Waals surface area contributed by atoms with Crippen molar-refractivity contribution in [3.05, 3.63) is 54.1 Å². The third kappa shape index (κ3) is 2.13. The normalized spacial score (nSPS) is 30.9. The van der Waals surface area contributed by atoms with Crippen LogP contribution in [0.25, 0.3) is 10.8 Å². The second kappa shape index (κ2) is 5.78. The van der Waals surface area contributed by atoms with Gasteiger partial charge in [0.1, 0.15) is 5.75 Å². The molecule has 1 aliphatic heterocycles. The second-order valence-corrected chi connectivity index (χ2v) is 8.59. The standard InChI is InChI=1S/C24H22N2O3/c1-2-29-19-10-7-14-5-3-4-6-15(14)16(19)13-25-26-22(27)20-17-8-9-18(21(20)23(26)28)24(17)11-12-24/h3-10,13,17-18,20-21H,2,11-12H2,1H3. The lowest BCUT2D eigenvalue weighted by Crippen LogP contribution is -2.30. The predicted octanol–water partition coefficient (Wildman–Crippen LogP) is 3.77. The fraction of sp³-hybridized carbons (Fsp3) is 0.375. The molecule has 3 fully saturated rings. The van der Waals surface area contributed by atoms with E-state index in [4.69, 9.17) is 4.74 Å². The predicted molar refractivity (Wildman–Crippen MR) is 109 cm³/mol. The van der Waals surface area contributed by atoms with Crippen molar-refractivity contribution in [2.75, 3.05) is 6.61 Å². The van der Waals surface area contributed by atoms with Crippen LogP contribution in [0.5, 0.6) is 5.75 Å². The molecule has 1 saturated heterocycles. The number of amides is 2. The molecule has 4 atom stereocenters. The van der Waals surface area contributed by atoms with Crippen LogP contribution in [0.4, 0.5) is 0 Å². The molecule has 4 unspecified atom stereocenters. The fourth-order valence-electron chi connectivity index (χ4n) is 5.98. The molecule has 146 valence electrons. The van der Waals surface area contributed by atoms with Crippen molar-refractivity contribution in [3.8, 4) is 5.75 Å². The maximum absolute atomic E-state index is 13.1. The van der Waals surface area contributed by atoms with Gasteiger partial charge in [-0.1, -0.05) is 42.5 Å². The highest BCUT2D eigenvalue weighted by atomic mass is 16.5. The first-order chi connectivity index (χ1) is 14.2. The Labute approximate surface area is 169 Å². The highest BCUT2D eigenvalue weighted by molar-refractivity contribution is 6.08. The lowest BCUT2D eigenvalue weighted by atomic mass is 9.85. The van der Waals surface area contributed by atoms with Crippen molar-refractivity contribution in [2.45, 2.75) is 19.8 Å². The van der Waals surface area contributed by atoms with Crippen molar-refractivity contribution in [1.29, 1.82) is 0 Å². The van der Waals surface area contributed by atoms with Crippen LogP contribution in [-0.4, -0.2) is 29.6 Å². The van der Waals surface area contributed by atoms with Gasteiger partial charge in [-0.3, -0.25) is 9.59 Å². The summed E-state index contributed by atoms with van der Waals surface area (Å²) in [6.07, 6.45) is 8.25. The van der Waals surface area contributed by atoms with E-state index in [0.717, 1.165) is 34.2 Å². The number of hydrogen-bond acceptors (Lipinski definition) is 4. The highest BCUT2D eigenvalue weighted by Gasteiger charge is 2.73. The lowest BCUT2D eigenvalue weighted by molar-refractivity contribution is -0.141. The van der Waals surface area contributed by atoms with Crippen LogP contribution in [0.1, 0.15) is 25.3 Å². The number of hydrazone groups is 1. The van der Waals surface area contributed by atoms with Gasteiger partial charge in [-0.05, 0) is 53.9 Å². The summed E-state index contributed by atoms with van der Waals surface area (Å²) in [5, 5.41) is 7.57. The maximum atomic E-state index is 13.1. The van der Waals surface area contributed by atoms with Crippen molar-refractivity contribution < 1.29 is 14.3 Å². The molecule has 2 saturated carbocycles. The second-order valence-electron chi connectivity index (χ2n) is 8.59. The van der Waals surface area contributed by atoms with Gasteiger partial charge >= 0.3 is 0 Å². The zero-order valence-corrected chi connectivity index (χ0v) is 16.2. The van der Waals surface area contributed by atoms with Gasteiger partial charge in [0, 0.05) is 5.56 Å². The third-order valence-electron chi connectivity index (χ3n) is 7.36. The van der Waals surface area contributed by atoms with Crippen LogP contribution in [0.15, 0.2) is 53.7 Å². The number of nitrogens with zero attached hydrogens (tertiary/aromatic N) is 2. The van der Waals surface area contributed by atoms with Crippen LogP contribution in [0.2, 0.25) is 0 Å². The molecule has 3 aliphatic carbocycles. The quantitative estimate of drug-likeness (QED) is 0.457. The number of carbonyl (C=O) groups excluding carboxylic acids is 2. The molecule has 2 aromatic rings. The number of fused-ring (bicyclic) bond motifs is 4. The molecule has 2 bridgehead atoms. The van der Waals surface area contributed by atoms with Gasteiger partial charge in [0.2, 0.25) is 0 Å². The summed E-state index contributed by atoms with van der Waals surface area (Å²) in [6, 6.07) is 11.9. The summed E-state index contributed by atoms with van der Waals surface area (Å²) in [6.45, 7) is 2.46. The minimum absolute atomic E-state index is 0.141. The average Bonchev–Trinajstić information content (AvgIpc) is 3.34. The van der Waals surface area contributed by atoms with E-state index in [1.807, 2.05) is 43.3 Å². The van der Waals surface area contributed by atoms with Crippen LogP contribution >= 0.6 is 0 Å². The summed E-state index contributed by atoms with van der Waals surface area (Å²) in [5.74, 6) is 0.395. The summed E-state index contributed by atoms with van der Waals surface area (Å²) in [4.78, 5) is 26.2. The number of carbonyl (C=O) groups is 2. The molecule has 4 aliphatic rings. The molecule has 1 spiro atoms. The van der Waals surface area contributed by atoms with E-state index in [1.54, 1.807) is 6.21 Å². The van der Waals surface area contributed by atoms with Crippen molar-refractivity contribution in [2.24, 2.45) is 34.2 Å². The molecule has 2 amide bonds. The van der Waals surface area contributed by atoms with Crippen molar-refractivity contribution >= 4 is 28.8 Å². The van der Waals surface area contributed by atoms with Gasteiger partial charge in [0.15, 0.2) is 0 Å². The summed E-state index contributed by atoms with van der Waals surface area (Å²) >= 11 is 0. The van der Waals surface area contributed by atoms with Crippen LogP contribution in [0, 0.1) is 29.1 Å². The molecule has 1 heterocycles. The summed E-state index contributed by atoms with van der Waals surface area (Å²) in [5.41, 5.74) is 0.996. The monoisotopic (exact) mass is 386 g/mol. The molecule has 0 radical (unpaired) electrons. The molecule has 0 aromatic heterocycles. The number of hydrogen-bond donors (Lipinski definition) is 0. The minimum atomic E-state index is -0.226. The SMILES string of the molecule is CCOc1ccc2ccccc2c1C=NN1C(=O)C2C(C1=O)C1C=CC2C12CC2. The number of allylic oxidation sites excluding steroid dienone is 2. The molecule has 5 heteroatoms. The first-order valence-electron chi connectivity index (χ1n) is 10.4. The third-order valence-corrected chi connectivity index (χ3v) is 7.36. The summed E-state index contributed by atoms with van der Waals surface area (Å²) in [7, 11) is 0. The van der Waals surface area contributed by atoms with E-state index in [-0.39, 0.29) is 40.9 Å². The number of benzene rings is 2.